The van der Waals surface area contributed by atoms with Crippen LogP contribution >= 0.6 is 0 Å². The maximum Gasteiger partial charge on any atom is 0.305 e. The Hall–Kier alpha value is -1.71. The van der Waals surface area contributed by atoms with E-state index in [9.17, 15) is 14.0 Å². The van der Waals surface area contributed by atoms with Crippen LogP contribution in [0.5, 0.6) is 0 Å². The quantitative estimate of drug-likeness (QED) is 0.751. The fourth-order valence-corrected chi connectivity index (χ4v) is 6.28. The van der Waals surface area contributed by atoms with Crippen molar-refractivity contribution in [1.29, 1.82) is 0 Å². The third-order valence-corrected chi connectivity index (χ3v) is 7.48. The molecule has 140 valence electrons. The molecule has 5 atom stereocenters. The van der Waals surface area contributed by atoms with Gasteiger partial charge in [0.1, 0.15) is 11.6 Å². The predicted molar refractivity (Wildman–Crippen MR) is 96.1 cm³/mol. The molecule has 1 aromatic rings. The van der Waals surface area contributed by atoms with Crippen LogP contribution in [0.15, 0.2) is 18.2 Å². The summed E-state index contributed by atoms with van der Waals surface area (Å²) >= 11 is 0. The van der Waals surface area contributed by atoms with Crippen molar-refractivity contribution >= 4 is 11.8 Å². The third-order valence-electron chi connectivity index (χ3n) is 7.48. The minimum atomic E-state index is -0.251. The van der Waals surface area contributed by atoms with Crippen molar-refractivity contribution in [3.63, 3.8) is 0 Å². The first-order valence-electron chi connectivity index (χ1n) is 9.82. The molecule has 3 aliphatic carbocycles. The van der Waals surface area contributed by atoms with E-state index in [1.54, 1.807) is 12.1 Å². The van der Waals surface area contributed by atoms with Crippen LogP contribution in [0.3, 0.4) is 0 Å². The van der Waals surface area contributed by atoms with Crippen LogP contribution in [0.2, 0.25) is 0 Å². The van der Waals surface area contributed by atoms with Gasteiger partial charge in [0.15, 0.2) is 0 Å². The van der Waals surface area contributed by atoms with Crippen LogP contribution in [0, 0.1) is 29.0 Å². The number of rotatable bonds is 3. The molecule has 0 N–H and O–H groups in total. The largest absolute Gasteiger partial charge is 0.469 e. The minimum Gasteiger partial charge on any atom is -0.469 e. The summed E-state index contributed by atoms with van der Waals surface area (Å²) in [5.74, 6) is 1.50. The Morgan fingerprint density at radius 3 is 2.92 bits per heavy atom. The highest BCUT2D eigenvalue weighted by atomic mass is 19.1. The van der Waals surface area contributed by atoms with Gasteiger partial charge in [-0.15, -0.1) is 0 Å². The maximum atomic E-state index is 13.6. The van der Waals surface area contributed by atoms with Gasteiger partial charge in [-0.1, -0.05) is 13.0 Å². The average molecular weight is 358 g/mol. The summed E-state index contributed by atoms with van der Waals surface area (Å²) in [4.78, 5) is 24.5. The lowest BCUT2D eigenvalue weighted by Crippen LogP contribution is -2.44. The number of benzene rings is 1. The normalized spacial score (nSPS) is 35.4. The number of halogens is 1. The molecule has 26 heavy (non-hydrogen) atoms. The Balaban J connectivity index is 1.63. The van der Waals surface area contributed by atoms with Gasteiger partial charge in [0.2, 0.25) is 0 Å². The summed E-state index contributed by atoms with van der Waals surface area (Å²) < 4.78 is 18.4. The fraction of sp³-hybridized carbons (Fsp3) is 0.636. The molecule has 0 saturated heterocycles. The molecule has 0 heterocycles. The Morgan fingerprint density at radius 1 is 1.35 bits per heavy atom. The summed E-state index contributed by atoms with van der Waals surface area (Å²) in [5, 5.41) is 0. The van der Waals surface area contributed by atoms with E-state index in [0.29, 0.717) is 36.4 Å². The second-order valence-corrected chi connectivity index (χ2v) is 8.64. The number of aryl methyl sites for hydroxylation is 1. The van der Waals surface area contributed by atoms with Gasteiger partial charge < -0.3 is 4.74 Å². The highest BCUT2D eigenvalue weighted by Crippen LogP contribution is 2.62. The topological polar surface area (TPSA) is 43.4 Å². The van der Waals surface area contributed by atoms with E-state index in [0.717, 1.165) is 37.7 Å². The second-order valence-electron chi connectivity index (χ2n) is 8.64. The predicted octanol–water partition coefficient (Wildman–Crippen LogP) is 4.43. The zero-order valence-corrected chi connectivity index (χ0v) is 15.6. The number of esters is 1. The van der Waals surface area contributed by atoms with Crippen LogP contribution in [0.4, 0.5) is 4.39 Å². The standard InChI is InChI=1S/C22H27FO3/c1-22-10-9-17-16-7-5-15(23)11-13(16)3-6-18(17)21(22)14(12-19(22)24)4-8-20(25)26-2/h5,7,11,14,17-18,21H,3-4,6,8-10,12H2,1-2H3/t14-,17-,18?,21+,22-/m1/s1. The third kappa shape index (κ3) is 2.69. The molecule has 0 bridgehead atoms. The first-order chi connectivity index (χ1) is 12.4. The summed E-state index contributed by atoms with van der Waals surface area (Å²) in [6.45, 7) is 2.15. The molecule has 2 saturated carbocycles. The van der Waals surface area contributed by atoms with E-state index in [-0.39, 0.29) is 23.1 Å². The summed E-state index contributed by atoms with van der Waals surface area (Å²) in [6, 6.07) is 5.22. The first-order valence-corrected chi connectivity index (χ1v) is 9.82. The lowest BCUT2D eigenvalue weighted by atomic mass is 9.54. The Labute approximate surface area is 154 Å². The molecule has 0 spiro atoms. The van der Waals surface area contributed by atoms with Gasteiger partial charge in [0, 0.05) is 18.3 Å². The zero-order chi connectivity index (χ0) is 18.5. The van der Waals surface area contributed by atoms with E-state index in [4.69, 9.17) is 4.74 Å². The van der Waals surface area contributed by atoms with Crippen LogP contribution < -0.4 is 0 Å². The number of methoxy groups -OCH3 is 1. The molecule has 0 aliphatic heterocycles. The average Bonchev–Trinajstić information content (AvgIpc) is 2.89. The van der Waals surface area contributed by atoms with Crippen molar-refractivity contribution in [2.24, 2.45) is 23.2 Å². The number of ether oxygens (including phenoxy) is 1. The molecule has 1 unspecified atom stereocenters. The molecular weight excluding hydrogens is 331 g/mol. The minimum absolute atomic E-state index is 0.158. The van der Waals surface area contributed by atoms with Crippen molar-refractivity contribution in [3.8, 4) is 0 Å². The lowest BCUT2D eigenvalue weighted by Gasteiger charge is -2.50. The Morgan fingerprint density at radius 2 is 2.15 bits per heavy atom. The zero-order valence-electron chi connectivity index (χ0n) is 15.6. The van der Waals surface area contributed by atoms with Gasteiger partial charge in [-0.05, 0) is 79.0 Å². The molecule has 1 aromatic carbocycles. The highest BCUT2D eigenvalue weighted by molar-refractivity contribution is 5.87. The molecule has 4 rings (SSSR count). The van der Waals surface area contributed by atoms with Crippen molar-refractivity contribution < 1.29 is 18.7 Å². The van der Waals surface area contributed by atoms with Crippen LogP contribution in [0.1, 0.15) is 62.5 Å². The first kappa shape index (κ1) is 17.7. The lowest BCUT2D eigenvalue weighted by molar-refractivity contribution is -0.141. The molecule has 2 fully saturated rings. The number of hydrogen-bond acceptors (Lipinski definition) is 3. The van der Waals surface area contributed by atoms with Gasteiger partial charge in [-0.25, -0.2) is 4.39 Å². The SMILES string of the molecule is COC(=O)CC[C@@H]1CC(=O)[C@@]2(C)CC[C@@H]3c4ccc(F)cc4CCC3[C@H]12. The molecule has 3 nitrogen and oxygen atoms in total. The van der Waals surface area contributed by atoms with Gasteiger partial charge in [0.05, 0.1) is 7.11 Å². The number of ketones is 1. The van der Waals surface area contributed by atoms with Crippen molar-refractivity contribution in [3.05, 3.63) is 35.1 Å². The second kappa shape index (κ2) is 6.47. The van der Waals surface area contributed by atoms with Gasteiger partial charge in [-0.2, -0.15) is 0 Å². The summed E-state index contributed by atoms with van der Waals surface area (Å²) in [5.41, 5.74) is 2.18. The molecule has 0 amide bonds. The van der Waals surface area contributed by atoms with E-state index < -0.39 is 0 Å². The molecule has 0 aromatic heterocycles. The molecular formula is C22H27FO3. The van der Waals surface area contributed by atoms with Crippen molar-refractivity contribution in [1.82, 2.24) is 0 Å². The number of Topliss-reactive ketones (excluding diaryl/α,β-unsaturated/α-hetero) is 1. The van der Waals surface area contributed by atoms with Crippen LogP contribution in [-0.4, -0.2) is 18.9 Å². The Kier molecular flexibility index (Phi) is 4.40. The number of carbonyl (C=O) groups excluding carboxylic acids is 2. The Bertz CT molecular complexity index is 743. The number of hydrogen-bond donors (Lipinski definition) is 0. The van der Waals surface area contributed by atoms with Gasteiger partial charge in [-0.3, -0.25) is 9.59 Å². The number of fused-ring (bicyclic) bond motifs is 5. The van der Waals surface area contributed by atoms with Gasteiger partial charge in [0.25, 0.3) is 0 Å². The van der Waals surface area contributed by atoms with Gasteiger partial charge >= 0.3 is 5.97 Å². The fourth-order valence-electron chi connectivity index (χ4n) is 6.28. The monoisotopic (exact) mass is 358 g/mol. The van der Waals surface area contributed by atoms with Crippen molar-refractivity contribution in [2.45, 2.75) is 57.8 Å². The molecule has 0 radical (unpaired) electrons. The molecule has 3 aliphatic rings. The summed E-state index contributed by atoms with van der Waals surface area (Å²) in [7, 11) is 1.42. The van der Waals surface area contributed by atoms with E-state index >= 15 is 0 Å². The van der Waals surface area contributed by atoms with Crippen LogP contribution in [0.25, 0.3) is 0 Å². The van der Waals surface area contributed by atoms with Crippen LogP contribution in [-0.2, 0) is 20.7 Å². The highest BCUT2D eigenvalue weighted by Gasteiger charge is 2.58. The van der Waals surface area contributed by atoms with E-state index in [1.165, 1.54) is 12.7 Å². The van der Waals surface area contributed by atoms with E-state index in [2.05, 4.69) is 6.92 Å². The van der Waals surface area contributed by atoms with Crippen molar-refractivity contribution in [2.75, 3.05) is 7.11 Å². The smallest absolute Gasteiger partial charge is 0.305 e. The molecule has 4 heteroatoms. The maximum absolute atomic E-state index is 13.6. The number of carbonyl (C=O) groups is 2. The summed E-state index contributed by atoms with van der Waals surface area (Å²) in [6.07, 6.45) is 5.53. The van der Waals surface area contributed by atoms with E-state index in [1.807, 2.05) is 6.07 Å².